The van der Waals surface area contributed by atoms with Crippen molar-refractivity contribution >= 4 is 33.2 Å². The average molecular weight is 409 g/mol. The molecule has 0 saturated heterocycles. The third kappa shape index (κ3) is 4.21. The minimum absolute atomic E-state index is 0.197. The molecule has 3 aromatic rings. The van der Waals surface area contributed by atoms with Crippen LogP contribution in [0.15, 0.2) is 50.7 Å². The van der Waals surface area contributed by atoms with E-state index in [0.29, 0.717) is 11.6 Å². The van der Waals surface area contributed by atoms with Crippen molar-refractivity contribution in [1.29, 1.82) is 0 Å². The molecule has 0 aliphatic heterocycles. The van der Waals surface area contributed by atoms with Crippen molar-refractivity contribution in [3.8, 4) is 16.5 Å². The second-order valence-corrected chi connectivity index (χ2v) is 6.66. The van der Waals surface area contributed by atoms with E-state index in [0.717, 1.165) is 9.35 Å². The summed E-state index contributed by atoms with van der Waals surface area (Å²) in [7, 11) is 0. The molecular formula is C16H13BrN2O4S. The van der Waals surface area contributed by atoms with Crippen molar-refractivity contribution in [3.05, 3.63) is 52.1 Å². The van der Waals surface area contributed by atoms with Crippen LogP contribution in [0.25, 0.3) is 10.8 Å². The van der Waals surface area contributed by atoms with Gasteiger partial charge in [0.1, 0.15) is 5.75 Å². The van der Waals surface area contributed by atoms with Gasteiger partial charge in [0.25, 0.3) is 11.8 Å². The summed E-state index contributed by atoms with van der Waals surface area (Å²) >= 11 is 4.82. The van der Waals surface area contributed by atoms with Crippen LogP contribution in [0.3, 0.4) is 0 Å². The molecule has 0 aliphatic carbocycles. The Morgan fingerprint density at radius 2 is 2.08 bits per heavy atom. The van der Waals surface area contributed by atoms with Crippen molar-refractivity contribution in [2.45, 2.75) is 13.0 Å². The van der Waals surface area contributed by atoms with Crippen LogP contribution in [0.1, 0.15) is 18.9 Å². The van der Waals surface area contributed by atoms with E-state index >= 15 is 0 Å². The Morgan fingerprint density at radius 3 is 2.79 bits per heavy atom. The van der Waals surface area contributed by atoms with Gasteiger partial charge in [-0.2, -0.15) is 0 Å². The monoisotopic (exact) mass is 408 g/mol. The van der Waals surface area contributed by atoms with Gasteiger partial charge in [0.15, 0.2) is 12.7 Å². The highest BCUT2D eigenvalue weighted by Crippen LogP contribution is 2.25. The molecule has 0 fully saturated rings. The Labute approximate surface area is 150 Å². The molecule has 124 valence electrons. The lowest BCUT2D eigenvalue weighted by atomic mass is 10.3. The molecule has 3 rings (SSSR count). The first-order valence-corrected chi connectivity index (χ1v) is 8.74. The molecule has 0 radical (unpaired) electrons. The van der Waals surface area contributed by atoms with Crippen molar-refractivity contribution in [3.63, 3.8) is 0 Å². The number of carbonyl (C=O) groups is 1. The first-order chi connectivity index (χ1) is 11.6. The largest absolute Gasteiger partial charge is 0.482 e. The minimum Gasteiger partial charge on any atom is -0.482 e. The standard InChI is InChI=1S/C16H13BrN2O4S/c1-10(15-18-19-16(23-15)13-3-2-8-24-13)22-14(20)9-21-12-6-4-11(17)5-7-12/h2-8,10H,9H2,1H3/t10-/m1/s1. The molecule has 0 aliphatic rings. The van der Waals surface area contributed by atoms with Crippen LogP contribution in [-0.4, -0.2) is 22.8 Å². The molecule has 0 spiro atoms. The topological polar surface area (TPSA) is 74.5 Å². The maximum absolute atomic E-state index is 11.9. The Balaban J connectivity index is 1.53. The van der Waals surface area contributed by atoms with E-state index < -0.39 is 12.1 Å². The summed E-state index contributed by atoms with van der Waals surface area (Å²) in [5.74, 6) is 0.728. The maximum Gasteiger partial charge on any atom is 0.344 e. The van der Waals surface area contributed by atoms with Crippen LogP contribution >= 0.6 is 27.3 Å². The van der Waals surface area contributed by atoms with Crippen LogP contribution in [0.2, 0.25) is 0 Å². The van der Waals surface area contributed by atoms with Gasteiger partial charge in [-0.25, -0.2) is 4.79 Å². The number of nitrogens with zero attached hydrogens (tertiary/aromatic N) is 2. The molecule has 1 aromatic carbocycles. The molecule has 2 heterocycles. The summed E-state index contributed by atoms with van der Waals surface area (Å²) in [6, 6.07) is 10.9. The number of hydrogen-bond donors (Lipinski definition) is 0. The predicted molar refractivity (Wildman–Crippen MR) is 91.8 cm³/mol. The predicted octanol–water partition coefficient (Wildman–Crippen LogP) is 4.24. The Hall–Kier alpha value is -2.19. The van der Waals surface area contributed by atoms with Gasteiger partial charge in [-0.1, -0.05) is 22.0 Å². The van der Waals surface area contributed by atoms with E-state index in [9.17, 15) is 4.79 Å². The number of aromatic nitrogens is 2. The third-order valence-corrected chi connectivity index (χ3v) is 4.39. The number of carbonyl (C=O) groups excluding carboxylic acids is 1. The fraction of sp³-hybridized carbons (Fsp3) is 0.188. The number of benzene rings is 1. The summed E-state index contributed by atoms with van der Waals surface area (Å²) in [6.07, 6.45) is -0.646. The molecular weight excluding hydrogens is 396 g/mol. The zero-order valence-electron chi connectivity index (χ0n) is 12.6. The van der Waals surface area contributed by atoms with Gasteiger partial charge >= 0.3 is 5.97 Å². The summed E-state index contributed by atoms with van der Waals surface area (Å²) in [4.78, 5) is 12.7. The quantitative estimate of drug-likeness (QED) is 0.567. The van der Waals surface area contributed by atoms with E-state index in [-0.39, 0.29) is 12.5 Å². The van der Waals surface area contributed by atoms with E-state index in [2.05, 4.69) is 26.1 Å². The molecule has 24 heavy (non-hydrogen) atoms. The number of esters is 1. The number of ether oxygens (including phenoxy) is 2. The number of rotatable bonds is 6. The van der Waals surface area contributed by atoms with Crippen molar-refractivity contribution in [2.75, 3.05) is 6.61 Å². The summed E-state index contributed by atoms with van der Waals surface area (Å²) in [5.41, 5.74) is 0. The normalized spacial score (nSPS) is 11.9. The van der Waals surface area contributed by atoms with E-state index in [1.54, 1.807) is 19.1 Å². The first-order valence-electron chi connectivity index (χ1n) is 7.07. The van der Waals surface area contributed by atoms with Crippen LogP contribution in [0.4, 0.5) is 0 Å². The average Bonchev–Trinajstić information content (AvgIpc) is 3.25. The number of halogens is 1. The zero-order chi connectivity index (χ0) is 16.9. The van der Waals surface area contributed by atoms with Crippen molar-refractivity contribution in [2.24, 2.45) is 0 Å². The lowest BCUT2D eigenvalue weighted by Gasteiger charge is -2.10. The van der Waals surface area contributed by atoms with Gasteiger partial charge in [-0.3, -0.25) is 0 Å². The Morgan fingerprint density at radius 1 is 1.29 bits per heavy atom. The highest BCUT2D eigenvalue weighted by Gasteiger charge is 2.19. The third-order valence-electron chi connectivity index (χ3n) is 3.00. The molecule has 0 amide bonds. The number of thiophene rings is 1. The van der Waals surface area contributed by atoms with Gasteiger partial charge < -0.3 is 13.9 Å². The smallest absolute Gasteiger partial charge is 0.344 e. The molecule has 0 N–H and O–H groups in total. The van der Waals surface area contributed by atoms with Crippen LogP contribution in [-0.2, 0) is 9.53 Å². The fourth-order valence-corrected chi connectivity index (χ4v) is 2.76. The highest BCUT2D eigenvalue weighted by molar-refractivity contribution is 9.10. The molecule has 0 saturated carbocycles. The van der Waals surface area contributed by atoms with Gasteiger partial charge in [0, 0.05) is 4.47 Å². The molecule has 1 atom stereocenters. The van der Waals surface area contributed by atoms with Gasteiger partial charge in [0.2, 0.25) is 0 Å². The lowest BCUT2D eigenvalue weighted by Crippen LogP contribution is -2.17. The summed E-state index contributed by atoms with van der Waals surface area (Å²) in [6.45, 7) is 1.47. The molecule has 0 bridgehead atoms. The van der Waals surface area contributed by atoms with Gasteiger partial charge in [0.05, 0.1) is 4.88 Å². The zero-order valence-corrected chi connectivity index (χ0v) is 15.0. The van der Waals surface area contributed by atoms with Gasteiger partial charge in [-0.15, -0.1) is 21.5 Å². The van der Waals surface area contributed by atoms with Crippen LogP contribution in [0.5, 0.6) is 5.75 Å². The SMILES string of the molecule is C[C@@H](OC(=O)COc1ccc(Br)cc1)c1nnc(-c2cccs2)o1. The van der Waals surface area contributed by atoms with Crippen molar-refractivity contribution in [1.82, 2.24) is 10.2 Å². The second kappa shape index (κ2) is 7.59. The summed E-state index contributed by atoms with van der Waals surface area (Å²) < 4.78 is 17.1. The van der Waals surface area contributed by atoms with Gasteiger partial charge in [-0.05, 0) is 42.6 Å². The molecule has 2 aromatic heterocycles. The van der Waals surface area contributed by atoms with E-state index in [1.165, 1.54) is 11.3 Å². The maximum atomic E-state index is 11.9. The second-order valence-electron chi connectivity index (χ2n) is 4.80. The van der Waals surface area contributed by atoms with Crippen molar-refractivity contribution < 1.29 is 18.7 Å². The fourth-order valence-electron chi connectivity index (χ4n) is 1.85. The highest BCUT2D eigenvalue weighted by atomic mass is 79.9. The van der Waals surface area contributed by atoms with E-state index in [4.69, 9.17) is 13.9 Å². The summed E-state index contributed by atoms with van der Waals surface area (Å²) in [5, 5.41) is 9.79. The number of hydrogen-bond acceptors (Lipinski definition) is 7. The minimum atomic E-state index is -0.646. The molecule has 0 unspecified atom stereocenters. The first kappa shape index (κ1) is 16.7. The molecule has 8 heteroatoms. The van der Waals surface area contributed by atoms with Crippen LogP contribution < -0.4 is 4.74 Å². The Kier molecular flexibility index (Phi) is 5.27. The Bertz CT molecular complexity index is 802. The van der Waals surface area contributed by atoms with E-state index in [1.807, 2.05) is 29.6 Å². The molecule has 6 nitrogen and oxygen atoms in total. The van der Waals surface area contributed by atoms with Crippen LogP contribution in [0, 0.1) is 0 Å². The lowest BCUT2D eigenvalue weighted by molar-refractivity contribution is -0.152.